The van der Waals surface area contributed by atoms with Crippen molar-refractivity contribution in [2.24, 2.45) is 0 Å². The van der Waals surface area contributed by atoms with Crippen molar-refractivity contribution >= 4 is 40.5 Å². The number of carbonyl (C=O) groups excluding carboxylic acids is 2. The Kier molecular flexibility index (Phi) is 5.76. The van der Waals surface area contributed by atoms with Gasteiger partial charge in [0.1, 0.15) is 11.5 Å². The van der Waals surface area contributed by atoms with Gasteiger partial charge in [0.2, 0.25) is 0 Å². The van der Waals surface area contributed by atoms with E-state index in [9.17, 15) is 9.59 Å². The van der Waals surface area contributed by atoms with Gasteiger partial charge in [0, 0.05) is 9.65 Å². The fourth-order valence-corrected chi connectivity index (χ4v) is 2.34. The van der Waals surface area contributed by atoms with Gasteiger partial charge in [0.25, 0.3) is 5.91 Å². The summed E-state index contributed by atoms with van der Waals surface area (Å²) in [4.78, 5) is 24.3. The largest absolute Gasteiger partial charge is 0.465 e. The topological polar surface area (TPSA) is 68.5 Å². The van der Waals surface area contributed by atoms with E-state index in [1.165, 1.54) is 12.3 Å². The Labute approximate surface area is 141 Å². The lowest BCUT2D eigenvalue weighted by molar-refractivity contribution is -0.138. The zero-order valence-corrected chi connectivity index (χ0v) is 14.0. The van der Waals surface area contributed by atoms with E-state index in [0.717, 1.165) is 3.57 Å². The molecule has 6 heteroatoms. The van der Waals surface area contributed by atoms with Crippen LogP contribution in [0.4, 0.5) is 0 Å². The normalized spacial score (nSPS) is 11.1. The van der Waals surface area contributed by atoms with E-state index in [-0.39, 0.29) is 18.2 Å². The highest BCUT2D eigenvalue weighted by Crippen LogP contribution is 2.13. The van der Waals surface area contributed by atoms with E-state index < -0.39 is 5.97 Å². The average Bonchev–Trinajstić information content (AvgIpc) is 3.00. The van der Waals surface area contributed by atoms with Crippen molar-refractivity contribution in [3.8, 4) is 0 Å². The molecule has 0 atom stereocenters. The van der Waals surface area contributed by atoms with Crippen LogP contribution in [0.1, 0.15) is 23.0 Å². The molecule has 0 aliphatic rings. The van der Waals surface area contributed by atoms with Crippen molar-refractivity contribution in [1.29, 1.82) is 0 Å². The van der Waals surface area contributed by atoms with Crippen molar-refractivity contribution < 1.29 is 18.7 Å². The van der Waals surface area contributed by atoms with Gasteiger partial charge in [-0.05, 0) is 53.8 Å². The number of esters is 1. The van der Waals surface area contributed by atoms with Gasteiger partial charge < -0.3 is 14.5 Å². The second-order valence-corrected chi connectivity index (χ2v) is 5.39. The minimum atomic E-state index is -0.613. The number of hydrogen-bond donors (Lipinski definition) is 1. The molecule has 22 heavy (non-hydrogen) atoms. The maximum Gasteiger partial charge on any atom is 0.354 e. The van der Waals surface area contributed by atoms with Crippen LogP contribution in [0, 0.1) is 3.57 Å². The monoisotopic (exact) mass is 411 g/mol. The van der Waals surface area contributed by atoms with Crippen LogP contribution in [0.5, 0.6) is 0 Å². The highest BCUT2D eigenvalue weighted by atomic mass is 127. The van der Waals surface area contributed by atoms with Crippen LogP contribution >= 0.6 is 22.6 Å². The second kappa shape index (κ2) is 7.79. The molecule has 0 fully saturated rings. The molecular weight excluding hydrogens is 397 g/mol. The Balaban J connectivity index is 2.25. The molecule has 0 aliphatic heterocycles. The SMILES string of the molecule is CCOC(=O)/C(=C\c1ccco1)NC(=O)c1ccccc1I. The standard InChI is InChI=1S/C16H14INO4/c1-2-21-16(20)14(10-11-6-5-9-22-11)18-15(19)12-7-3-4-8-13(12)17/h3-10H,2H2,1H3,(H,18,19)/b14-10+. The van der Waals surface area contributed by atoms with E-state index in [0.29, 0.717) is 11.3 Å². The van der Waals surface area contributed by atoms with Crippen molar-refractivity contribution in [2.45, 2.75) is 6.92 Å². The highest BCUT2D eigenvalue weighted by Gasteiger charge is 2.17. The van der Waals surface area contributed by atoms with Gasteiger partial charge in [-0.25, -0.2) is 4.79 Å². The maximum atomic E-state index is 12.3. The number of benzene rings is 1. The van der Waals surface area contributed by atoms with Gasteiger partial charge in [0.05, 0.1) is 18.4 Å². The first-order valence-electron chi connectivity index (χ1n) is 6.60. The summed E-state index contributed by atoms with van der Waals surface area (Å²) >= 11 is 2.06. The first kappa shape index (κ1) is 16.3. The summed E-state index contributed by atoms with van der Waals surface area (Å²) in [6, 6.07) is 10.5. The molecule has 0 unspecified atom stereocenters. The summed E-state index contributed by atoms with van der Waals surface area (Å²) in [5.41, 5.74) is 0.513. The van der Waals surface area contributed by atoms with Gasteiger partial charge in [-0.2, -0.15) is 0 Å². The Hall–Kier alpha value is -2.09. The average molecular weight is 411 g/mol. The molecule has 0 radical (unpaired) electrons. The number of nitrogens with one attached hydrogen (secondary N) is 1. The Morgan fingerprint density at radius 1 is 1.27 bits per heavy atom. The summed E-state index contributed by atoms with van der Waals surface area (Å²) in [7, 11) is 0. The predicted molar refractivity (Wildman–Crippen MR) is 89.9 cm³/mol. The van der Waals surface area contributed by atoms with Gasteiger partial charge in [-0.1, -0.05) is 12.1 Å². The van der Waals surface area contributed by atoms with Crippen LogP contribution in [0.15, 0.2) is 52.8 Å². The number of rotatable bonds is 5. The minimum absolute atomic E-state index is 0.0291. The lowest BCUT2D eigenvalue weighted by Crippen LogP contribution is -2.29. The molecule has 5 nitrogen and oxygen atoms in total. The lowest BCUT2D eigenvalue weighted by Gasteiger charge is -2.09. The fourth-order valence-electron chi connectivity index (χ4n) is 1.71. The van der Waals surface area contributed by atoms with E-state index in [4.69, 9.17) is 9.15 Å². The number of carbonyl (C=O) groups is 2. The van der Waals surface area contributed by atoms with Gasteiger partial charge in [-0.3, -0.25) is 4.79 Å². The summed E-state index contributed by atoms with van der Waals surface area (Å²) in [5, 5.41) is 2.58. The number of halogens is 1. The second-order valence-electron chi connectivity index (χ2n) is 4.23. The van der Waals surface area contributed by atoms with Crippen LogP contribution in [0.2, 0.25) is 0 Å². The van der Waals surface area contributed by atoms with Gasteiger partial charge >= 0.3 is 5.97 Å². The molecular formula is C16H14INO4. The molecule has 2 aromatic rings. The number of furan rings is 1. The zero-order chi connectivity index (χ0) is 15.9. The van der Waals surface area contributed by atoms with Crippen LogP contribution in [0.3, 0.4) is 0 Å². The van der Waals surface area contributed by atoms with Crippen LogP contribution < -0.4 is 5.32 Å². The molecule has 1 amide bonds. The Morgan fingerprint density at radius 2 is 2.05 bits per heavy atom. The van der Waals surface area contributed by atoms with Crippen LogP contribution in [-0.4, -0.2) is 18.5 Å². The van der Waals surface area contributed by atoms with Gasteiger partial charge in [-0.15, -0.1) is 0 Å². The predicted octanol–water partition coefficient (Wildman–Crippen LogP) is 3.22. The molecule has 0 bridgehead atoms. The number of hydrogen-bond acceptors (Lipinski definition) is 4. The third kappa shape index (κ3) is 4.20. The van der Waals surface area contributed by atoms with Crippen molar-refractivity contribution in [3.05, 3.63) is 63.3 Å². The van der Waals surface area contributed by atoms with E-state index in [2.05, 4.69) is 27.9 Å². The third-order valence-electron chi connectivity index (χ3n) is 2.69. The van der Waals surface area contributed by atoms with Crippen molar-refractivity contribution in [3.63, 3.8) is 0 Å². The quantitative estimate of drug-likeness (QED) is 0.466. The summed E-state index contributed by atoms with van der Waals surface area (Å²) in [6.45, 7) is 1.91. The van der Waals surface area contributed by atoms with Crippen LogP contribution in [0.25, 0.3) is 6.08 Å². The molecule has 0 spiro atoms. The Bertz CT molecular complexity index is 692. The summed E-state index contributed by atoms with van der Waals surface area (Å²) in [6.07, 6.45) is 2.92. The smallest absolute Gasteiger partial charge is 0.354 e. The Morgan fingerprint density at radius 3 is 2.68 bits per heavy atom. The van der Waals surface area contributed by atoms with E-state index in [1.807, 2.05) is 12.1 Å². The first-order valence-corrected chi connectivity index (χ1v) is 7.68. The zero-order valence-electron chi connectivity index (χ0n) is 11.8. The number of amides is 1. The molecule has 0 saturated heterocycles. The summed E-state index contributed by atoms with van der Waals surface area (Å²) in [5.74, 6) is -0.542. The molecule has 1 heterocycles. The fraction of sp³-hybridized carbons (Fsp3) is 0.125. The molecule has 0 aliphatic carbocycles. The molecule has 114 valence electrons. The lowest BCUT2D eigenvalue weighted by atomic mass is 10.2. The van der Waals surface area contributed by atoms with Crippen molar-refractivity contribution in [2.75, 3.05) is 6.61 Å². The summed E-state index contributed by atoms with van der Waals surface area (Å²) < 4.78 is 10.9. The van der Waals surface area contributed by atoms with Gasteiger partial charge in [0.15, 0.2) is 0 Å². The maximum absolute atomic E-state index is 12.3. The molecule has 1 N–H and O–H groups in total. The van der Waals surface area contributed by atoms with E-state index in [1.54, 1.807) is 31.2 Å². The third-order valence-corrected chi connectivity index (χ3v) is 3.63. The minimum Gasteiger partial charge on any atom is -0.465 e. The molecule has 2 rings (SSSR count). The highest BCUT2D eigenvalue weighted by molar-refractivity contribution is 14.1. The molecule has 1 aromatic heterocycles. The molecule has 1 aromatic carbocycles. The van der Waals surface area contributed by atoms with E-state index >= 15 is 0 Å². The number of ether oxygens (including phenoxy) is 1. The van der Waals surface area contributed by atoms with Crippen LogP contribution in [-0.2, 0) is 9.53 Å². The molecule has 0 saturated carbocycles. The van der Waals surface area contributed by atoms with Crippen molar-refractivity contribution in [1.82, 2.24) is 5.32 Å². The first-order chi connectivity index (χ1) is 10.6.